The van der Waals surface area contributed by atoms with Crippen LogP contribution < -0.4 is 10.2 Å². The standard InChI is InChI=1S/C16H20FN3/c1-11-5-12(2)7-15(6-11)20(4)16-13(9-18-3)8-14(17)10-19-16/h5-8,10,18H,9H2,1-4H3. The monoisotopic (exact) mass is 273 g/mol. The normalized spacial score (nSPS) is 10.7. The lowest BCUT2D eigenvalue weighted by molar-refractivity contribution is 0.616. The van der Waals surface area contributed by atoms with E-state index in [1.165, 1.54) is 23.4 Å². The minimum absolute atomic E-state index is 0.312. The number of pyridine rings is 1. The number of hydrogen-bond donors (Lipinski definition) is 1. The molecule has 1 aromatic heterocycles. The number of aromatic nitrogens is 1. The Kier molecular flexibility index (Phi) is 4.35. The quantitative estimate of drug-likeness (QED) is 0.926. The van der Waals surface area contributed by atoms with E-state index in [2.05, 4.69) is 42.3 Å². The highest BCUT2D eigenvalue weighted by molar-refractivity contribution is 5.63. The Morgan fingerprint density at radius 3 is 2.40 bits per heavy atom. The lowest BCUT2D eigenvalue weighted by atomic mass is 10.1. The molecule has 0 saturated carbocycles. The molecular formula is C16H20FN3. The Morgan fingerprint density at radius 1 is 1.15 bits per heavy atom. The maximum atomic E-state index is 13.4. The molecule has 20 heavy (non-hydrogen) atoms. The van der Waals surface area contributed by atoms with Gasteiger partial charge in [0, 0.05) is 24.8 Å². The first-order valence-electron chi connectivity index (χ1n) is 6.62. The Labute approximate surface area is 119 Å². The summed E-state index contributed by atoms with van der Waals surface area (Å²) in [6.45, 7) is 4.71. The number of anilines is 2. The third kappa shape index (κ3) is 3.14. The van der Waals surface area contributed by atoms with Crippen LogP contribution in [0.2, 0.25) is 0 Å². The van der Waals surface area contributed by atoms with Crippen LogP contribution in [0.5, 0.6) is 0 Å². The Balaban J connectivity index is 2.44. The highest BCUT2D eigenvalue weighted by Gasteiger charge is 2.12. The van der Waals surface area contributed by atoms with E-state index in [1.54, 1.807) is 0 Å². The molecule has 4 heteroatoms. The van der Waals surface area contributed by atoms with E-state index in [9.17, 15) is 4.39 Å². The van der Waals surface area contributed by atoms with Crippen LogP contribution in [0.3, 0.4) is 0 Å². The molecule has 0 atom stereocenters. The molecule has 0 spiro atoms. The molecule has 2 rings (SSSR count). The highest BCUT2D eigenvalue weighted by atomic mass is 19.1. The van der Waals surface area contributed by atoms with E-state index in [0.29, 0.717) is 6.54 Å². The summed E-state index contributed by atoms with van der Waals surface area (Å²) in [5.74, 6) is 0.457. The third-order valence-corrected chi connectivity index (χ3v) is 3.19. The summed E-state index contributed by atoms with van der Waals surface area (Å²) in [7, 11) is 3.79. The van der Waals surface area contributed by atoms with Crippen LogP contribution in [0.4, 0.5) is 15.9 Å². The van der Waals surface area contributed by atoms with Crippen molar-refractivity contribution in [1.29, 1.82) is 0 Å². The van der Waals surface area contributed by atoms with Crippen LogP contribution >= 0.6 is 0 Å². The Hall–Kier alpha value is -1.94. The van der Waals surface area contributed by atoms with Crippen molar-refractivity contribution in [3.05, 3.63) is 53.0 Å². The Morgan fingerprint density at radius 2 is 1.80 bits per heavy atom. The zero-order valence-corrected chi connectivity index (χ0v) is 12.4. The van der Waals surface area contributed by atoms with Crippen molar-refractivity contribution in [2.45, 2.75) is 20.4 Å². The van der Waals surface area contributed by atoms with Gasteiger partial charge in [0.15, 0.2) is 0 Å². The van der Waals surface area contributed by atoms with Gasteiger partial charge in [-0.3, -0.25) is 0 Å². The number of halogens is 1. The molecule has 0 unspecified atom stereocenters. The van der Waals surface area contributed by atoms with Gasteiger partial charge in [0.1, 0.15) is 11.6 Å². The van der Waals surface area contributed by atoms with Gasteiger partial charge in [-0.2, -0.15) is 0 Å². The van der Waals surface area contributed by atoms with E-state index in [0.717, 1.165) is 17.1 Å². The molecule has 0 fully saturated rings. The number of aryl methyl sites for hydroxylation is 2. The molecule has 0 radical (unpaired) electrons. The van der Waals surface area contributed by atoms with E-state index in [-0.39, 0.29) is 5.82 Å². The van der Waals surface area contributed by atoms with Crippen LogP contribution in [0.15, 0.2) is 30.5 Å². The van der Waals surface area contributed by atoms with E-state index in [4.69, 9.17) is 0 Å². The van der Waals surface area contributed by atoms with Gasteiger partial charge in [-0.15, -0.1) is 0 Å². The highest BCUT2D eigenvalue weighted by Crippen LogP contribution is 2.27. The molecule has 0 amide bonds. The van der Waals surface area contributed by atoms with Gasteiger partial charge < -0.3 is 10.2 Å². The summed E-state index contributed by atoms with van der Waals surface area (Å²) in [5.41, 5.74) is 4.29. The molecule has 0 aliphatic rings. The van der Waals surface area contributed by atoms with Crippen LogP contribution in [0.25, 0.3) is 0 Å². The van der Waals surface area contributed by atoms with Gasteiger partial charge in [0.25, 0.3) is 0 Å². The number of hydrogen-bond acceptors (Lipinski definition) is 3. The van der Waals surface area contributed by atoms with E-state index in [1.807, 2.05) is 19.0 Å². The molecular weight excluding hydrogens is 253 g/mol. The number of nitrogens with zero attached hydrogens (tertiary/aromatic N) is 2. The summed E-state index contributed by atoms with van der Waals surface area (Å²) >= 11 is 0. The maximum Gasteiger partial charge on any atom is 0.141 e. The molecule has 2 aromatic rings. The van der Waals surface area contributed by atoms with Crippen molar-refractivity contribution < 1.29 is 4.39 Å². The van der Waals surface area contributed by atoms with Crippen molar-refractivity contribution in [3.8, 4) is 0 Å². The van der Waals surface area contributed by atoms with Crippen molar-refractivity contribution in [3.63, 3.8) is 0 Å². The second-order valence-electron chi connectivity index (χ2n) is 5.07. The molecule has 1 N–H and O–H groups in total. The number of rotatable bonds is 4. The summed E-state index contributed by atoms with van der Waals surface area (Å²) in [6, 6.07) is 7.85. The number of benzene rings is 1. The number of nitrogens with one attached hydrogen (secondary N) is 1. The van der Waals surface area contributed by atoms with Crippen molar-refractivity contribution in [2.24, 2.45) is 0 Å². The minimum atomic E-state index is -0.312. The first kappa shape index (κ1) is 14.5. The van der Waals surface area contributed by atoms with Crippen LogP contribution in [-0.2, 0) is 6.54 Å². The molecule has 0 saturated heterocycles. The second-order valence-corrected chi connectivity index (χ2v) is 5.07. The first-order valence-corrected chi connectivity index (χ1v) is 6.62. The summed E-state index contributed by atoms with van der Waals surface area (Å²) in [5, 5.41) is 3.05. The molecule has 3 nitrogen and oxygen atoms in total. The summed E-state index contributed by atoms with van der Waals surface area (Å²) in [4.78, 5) is 6.24. The third-order valence-electron chi connectivity index (χ3n) is 3.19. The SMILES string of the molecule is CNCc1cc(F)cnc1N(C)c1cc(C)cc(C)c1. The minimum Gasteiger partial charge on any atom is -0.329 e. The molecule has 1 aromatic carbocycles. The van der Waals surface area contributed by atoms with Gasteiger partial charge in [-0.05, 0) is 50.2 Å². The van der Waals surface area contributed by atoms with Crippen LogP contribution in [0.1, 0.15) is 16.7 Å². The van der Waals surface area contributed by atoms with Gasteiger partial charge in [-0.1, -0.05) is 6.07 Å². The fourth-order valence-electron chi connectivity index (χ4n) is 2.36. The molecule has 0 aliphatic heterocycles. The fourth-order valence-corrected chi connectivity index (χ4v) is 2.36. The van der Waals surface area contributed by atoms with Gasteiger partial charge >= 0.3 is 0 Å². The van der Waals surface area contributed by atoms with Crippen molar-refractivity contribution >= 4 is 11.5 Å². The summed E-state index contributed by atoms with van der Waals surface area (Å²) in [6.07, 6.45) is 1.26. The lowest BCUT2D eigenvalue weighted by Crippen LogP contribution is -2.17. The van der Waals surface area contributed by atoms with Crippen molar-refractivity contribution in [2.75, 3.05) is 19.0 Å². The van der Waals surface area contributed by atoms with Crippen LogP contribution in [-0.4, -0.2) is 19.1 Å². The average molecular weight is 273 g/mol. The maximum absolute atomic E-state index is 13.4. The van der Waals surface area contributed by atoms with Gasteiger partial charge in [-0.25, -0.2) is 9.37 Å². The smallest absolute Gasteiger partial charge is 0.141 e. The second kappa shape index (κ2) is 6.01. The van der Waals surface area contributed by atoms with Gasteiger partial charge in [0.05, 0.1) is 6.20 Å². The Bertz CT molecular complexity index is 590. The zero-order chi connectivity index (χ0) is 14.7. The van der Waals surface area contributed by atoms with E-state index >= 15 is 0 Å². The topological polar surface area (TPSA) is 28.2 Å². The lowest BCUT2D eigenvalue weighted by Gasteiger charge is -2.22. The van der Waals surface area contributed by atoms with E-state index < -0.39 is 0 Å². The largest absolute Gasteiger partial charge is 0.329 e. The van der Waals surface area contributed by atoms with Crippen LogP contribution in [0, 0.1) is 19.7 Å². The molecule has 1 heterocycles. The predicted octanol–water partition coefficient (Wildman–Crippen LogP) is 3.32. The average Bonchev–Trinajstić information content (AvgIpc) is 2.37. The first-order chi connectivity index (χ1) is 9.51. The molecule has 0 bridgehead atoms. The molecule has 0 aliphatic carbocycles. The molecule has 106 valence electrons. The zero-order valence-electron chi connectivity index (χ0n) is 12.4. The fraction of sp³-hybridized carbons (Fsp3) is 0.312. The van der Waals surface area contributed by atoms with Crippen molar-refractivity contribution in [1.82, 2.24) is 10.3 Å². The predicted molar refractivity (Wildman–Crippen MR) is 80.9 cm³/mol. The summed E-state index contributed by atoms with van der Waals surface area (Å²) < 4.78 is 13.4. The van der Waals surface area contributed by atoms with Gasteiger partial charge in [0.2, 0.25) is 0 Å².